The SMILES string of the molecule is Cc1cccc(N2C(=O)/C(=C\c3cc(C)n(-c4ccccc4)c3)C(=O)NC2=S)c1C. The fourth-order valence-electron chi connectivity index (χ4n) is 3.57. The summed E-state index contributed by atoms with van der Waals surface area (Å²) in [5.41, 5.74) is 5.49. The van der Waals surface area contributed by atoms with Crippen molar-refractivity contribution in [1.29, 1.82) is 0 Å². The highest BCUT2D eigenvalue weighted by atomic mass is 32.1. The van der Waals surface area contributed by atoms with Gasteiger partial charge in [0.1, 0.15) is 5.57 Å². The number of hydrogen-bond acceptors (Lipinski definition) is 3. The van der Waals surface area contributed by atoms with Crippen LogP contribution >= 0.6 is 12.2 Å². The topological polar surface area (TPSA) is 54.3 Å². The molecule has 30 heavy (non-hydrogen) atoms. The van der Waals surface area contributed by atoms with Crippen molar-refractivity contribution in [3.05, 3.63) is 88.8 Å². The van der Waals surface area contributed by atoms with Crippen LogP contribution in [0.5, 0.6) is 0 Å². The maximum Gasteiger partial charge on any atom is 0.270 e. The van der Waals surface area contributed by atoms with Crippen molar-refractivity contribution in [2.24, 2.45) is 0 Å². The normalized spacial score (nSPS) is 15.6. The van der Waals surface area contributed by atoms with Crippen LogP contribution in [-0.4, -0.2) is 21.5 Å². The van der Waals surface area contributed by atoms with Gasteiger partial charge in [0.2, 0.25) is 0 Å². The number of carbonyl (C=O) groups excluding carboxylic acids is 2. The number of hydrogen-bond donors (Lipinski definition) is 1. The molecule has 0 aliphatic carbocycles. The lowest BCUT2D eigenvalue weighted by Crippen LogP contribution is -2.54. The molecule has 6 heteroatoms. The summed E-state index contributed by atoms with van der Waals surface area (Å²) in [6.07, 6.45) is 3.53. The van der Waals surface area contributed by atoms with Gasteiger partial charge in [-0.15, -0.1) is 0 Å². The molecule has 1 saturated heterocycles. The molecular formula is C24H21N3O2S. The molecule has 1 N–H and O–H groups in total. The molecule has 2 heterocycles. The Morgan fingerprint density at radius 1 is 0.967 bits per heavy atom. The van der Waals surface area contributed by atoms with E-state index < -0.39 is 11.8 Å². The molecule has 0 atom stereocenters. The quantitative estimate of drug-likeness (QED) is 0.396. The summed E-state index contributed by atoms with van der Waals surface area (Å²) in [4.78, 5) is 27.3. The molecule has 1 aliphatic rings. The highest BCUT2D eigenvalue weighted by Gasteiger charge is 2.35. The van der Waals surface area contributed by atoms with Gasteiger partial charge in [-0.25, -0.2) is 0 Å². The number of aryl methyl sites for hydroxylation is 2. The van der Waals surface area contributed by atoms with Crippen molar-refractivity contribution < 1.29 is 9.59 Å². The Labute approximate surface area is 180 Å². The van der Waals surface area contributed by atoms with E-state index >= 15 is 0 Å². The van der Waals surface area contributed by atoms with Crippen LogP contribution in [-0.2, 0) is 9.59 Å². The molecule has 5 nitrogen and oxygen atoms in total. The highest BCUT2D eigenvalue weighted by Crippen LogP contribution is 2.27. The van der Waals surface area contributed by atoms with Crippen LogP contribution in [0.2, 0.25) is 0 Å². The summed E-state index contributed by atoms with van der Waals surface area (Å²) in [7, 11) is 0. The van der Waals surface area contributed by atoms with E-state index in [1.807, 2.05) is 86.1 Å². The monoisotopic (exact) mass is 415 g/mol. The number of nitrogens with zero attached hydrogens (tertiary/aromatic N) is 2. The van der Waals surface area contributed by atoms with E-state index in [0.717, 1.165) is 28.1 Å². The molecule has 0 bridgehead atoms. The Hall–Kier alpha value is -3.51. The Morgan fingerprint density at radius 3 is 2.43 bits per heavy atom. The molecule has 1 aliphatic heterocycles. The molecule has 4 rings (SSSR count). The number of rotatable bonds is 3. The van der Waals surface area contributed by atoms with Crippen LogP contribution in [0.15, 0.2) is 66.4 Å². The third-order valence-corrected chi connectivity index (χ3v) is 5.58. The minimum atomic E-state index is -0.489. The summed E-state index contributed by atoms with van der Waals surface area (Å²) in [5.74, 6) is -0.917. The lowest BCUT2D eigenvalue weighted by atomic mass is 10.0. The van der Waals surface area contributed by atoms with Crippen molar-refractivity contribution in [1.82, 2.24) is 9.88 Å². The van der Waals surface area contributed by atoms with Crippen molar-refractivity contribution in [3.63, 3.8) is 0 Å². The Morgan fingerprint density at radius 2 is 1.70 bits per heavy atom. The van der Waals surface area contributed by atoms with Gasteiger partial charge in [0.15, 0.2) is 5.11 Å². The molecule has 1 aromatic heterocycles. The van der Waals surface area contributed by atoms with Crippen LogP contribution in [0.1, 0.15) is 22.4 Å². The third-order valence-electron chi connectivity index (χ3n) is 5.30. The molecule has 3 aromatic rings. The average molecular weight is 416 g/mol. The molecular weight excluding hydrogens is 394 g/mol. The third kappa shape index (κ3) is 3.46. The molecule has 2 amide bonds. The van der Waals surface area contributed by atoms with Crippen LogP contribution in [0, 0.1) is 20.8 Å². The van der Waals surface area contributed by atoms with E-state index in [-0.39, 0.29) is 10.7 Å². The first kappa shape index (κ1) is 19.8. The van der Waals surface area contributed by atoms with E-state index in [9.17, 15) is 9.59 Å². The van der Waals surface area contributed by atoms with Gasteiger partial charge < -0.3 is 4.57 Å². The van der Waals surface area contributed by atoms with Gasteiger partial charge in [0, 0.05) is 17.6 Å². The van der Waals surface area contributed by atoms with E-state index in [0.29, 0.717) is 5.69 Å². The number of carbonyl (C=O) groups is 2. The van der Waals surface area contributed by atoms with E-state index in [4.69, 9.17) is 12.2 Å². The zero-order chi connectivity index (χ0) is 21.4. The second-order valence-electron chi connectivity index (χ2n) is 7.30. The van der Waals surface area contributed by atoms with Gasteiger partial charge in [-0.1, -0.05) is 30.3 Å². The van der Waals surface area contributed by atoms with E-state index in [1.165, 1.54) is 4.90 Å². The summed E-state index contributed by atoms with van der Waals surface area (Å²) >= 11 is 5.31. The van der Waals surface area contributed by atoms with Crippen LogP contribution in [0.4, 0.5) is 5.69 Å². The van der Waals surface area contributed by atoms with Gasteiger partial charge in [-0.05, 0) is 80.0 Å². The number of nitrogens with one attached hydrogen (secondary N) is 1. The highest BCUT2D eigenvalue weighted by molar-refractivity contribution is 7.80. The number of para-hydroxylation sites is 1. The molecule has 0 spiro atoms. The first-order valence-electron chi connectivity index (χ1n) is 9.59. The fraction of sp³-hybridized carbons (Fsp3) is 0.125. The standard InChI is InChI=1S/C24H21N3O2S/c1-15-8-7-11-21(17(15)3)27-23(29)20(22(28)25-24(27)30)13-18-12-16(2)26(14-18)19-9-5-4-6-10-19/h4-14H,1-3H3,(H,25,28,30)/b20-13-. The number of thiocarbonyl (C=S) groups is 1. The molecule has 0 saturated carbocycles. The van der Waals surface area contributed by atoms with Gasteiger partial charge in [-0.3, -0.25) is 19.8 Å². The summed E-state index contributed by atoms with van der Waals surface area (Å²) < 4.78 is 2.02. The van der Waals surface area contributed by atoms with Crippen molar-refractivity contribution in [2.45, 2.75) is 20.8 Å². The molecule has 2 aromatic carbocycles. The van der Waals surface area contributed by atoms with Gasteiger partial charge in [0.05, 0.1) is 5.69 Å². The van der Waals surface area contributed by atoms with Crippen molar-refractivity contribution >= 4 is 40.9 Å². The van der Waals surface area contributed by atoms with Crippen LogP contribution in [0.3, 0.4) is 0 Å². The lowest BCUT2D eigenvalue weighted by Gasteiger charge is -2.30. The Kier molecular flexibility index (Phi) is 5.10. The zero-order valence-corrected chi connectivity index (χ0v) is 17.8. The number of anilines is 1. The zero-order valence-electron chi connectivity index (χ0n) is 17.0. The number of amides is 2. The van der Waals surface area contributed by atoms with E-state index in [1.54, 1.807) is 6.08 Å². The minimum Gasteiger partial charge on any atom is -0.321 e. The molecule has 0 radical (unpaired) electrons. The summed E-state index contributed by atoms with van der Waals surface area (Å²) in [6, 6.07) is 17.5. The van der Waals surface area contributed by atoms with Crippen molar-refractivity contribution in [2.75, 3.05) is 4.90 Å². The fourth-order valence-corrected chi connectivity index (χ4v) is 3.84. The largest absolute Gasteiger partial charge is 0.321 e. The summed E-state index contributed by atoms with van der Waals surface area (Å²) in [6.45, 7) is 5.89. The first-order chi connectivity index (χ1) is 14.4. The second kappa shape index (κ2) is 7.72. The van der Waals surface area contributed by atoms with Gasteiger partial charge in [0.25, 0.3) is 11.8 Å². The predicted octanol–water partition coefficient (Wildman–Crippen LogP) is 4.23. The van der Waals surface area contributed by atoms with Gasteiger partial charge in [-0.2, -0.15) is 0 Å². The smallest absolute Gasteiger partial charge is 0.270 e. The average Bonchev–Trinajstić information content (AvgIpc) is 3.09. The Bertz CT molecular complexity index is 1210. The van der Waals surface area contributed by atoms with Gasteiger partial charge >= 0.3 is 0 Å². The molecule has 1 fully saturated rings. The number of aromatic nitrogens is 1. The predicted molar refractivity (Wildman–Crippen MR) is 123 cm³/mol. The minimum absolute atomic E-state index is 0.0507. The first-order valence-corrected chi connectivity index (χ1v) is 9.99. The van der Waals surface area contributed by atoms with Crippen LogP contribution < -0.4 is 10.2 Å². The maximum atomic E-state index is 13.3. The maximum absolute atomic E-state index is 13.3. The number of benzene rings is 2. The van der Waals surface area contributed by atoms with Crippen LogP contribution in [0.25, 0.3) is 11.8 Å². The molecule has 150 valence electrons. The van der Waals surface area contributed by atoms with E-state index in [2.05, 4.69) is 5.32 Å². The second-order valence-corrected chi connectivity index (χ2v) is 7.68. The lowest BCUT2D eigenvalue weighted by molar-refractivity contribution is -0.122. The summed E-state index contributed by atoms with van der Waals surface area (Å²) in [5, 5.41) is 2.74. The molecule has 0 unspecified atom stereocenters. The Balaban J connectivity index is 1.74. The van der Waals surface area contributed by atoms with Crippen molar-refractivity contribution in [3.8, 4) is 5.69 Å².